The van der Waals surface area contributed by atoms with E-state index in [1.54, 1.807) is 12.1 Å². The summed E-state index contributed by atoms with van der Waals surface area (Å²) in [6, 6.07) is 6.27. The lowest BCUT2D eigenvalue weighted by molar-refractivity contribution is 0.0172. The minimum Gasteiger partial charge on any atom is -0.508 e. The molecule has 0 aromatic heterocycles. The molecule has 0 aliphatic rings. The summed E-state index contributed by atoms with van der Waals surface area (Å²) in [5, 5.41) is 29.0. The van der Waals surface area contributed by atoms with Gasteiger partial charge < -0.3 is 15.3 Å². The largest absolute Gasteiger partial charge is 0.508 e. The second kappa shape index (κ2) is 5.34. The number of halogens is 1. The highest BCUT2D eigenvalue weighted by atomic mass is 79.9. The molecule has 0 fully saturated rings. The molecule has 78 valence electrons. The van der Waals surface area contributed by atoms with E-state index in [2.05, 4.69) is 15.9 Å². The smallest absolute Gasteiger partial charge is 0.115 e. The first-order valence-electron chi connectivity index (χ1n) is 4.36. The monoisotopic (exact) mass is 260 g/mol. The number of phenolic OH excluding ortho intramolecular Hbond substituents is 1. The summed E-state index contributed by atoms with van der Waals surface area (Å²) >= 11 is 3.18. The van der Waals surface area contributed by atoms with Crippen molar-refractivity contribution in [3.8, 4) is 5.75 Å². The van der Waals surface area contributed by atoms with E-state index in [9.17, 15) is 15.3 Å². The van der Waals surface area contributed by atoms with Gasteiger partial charge in [0.05, 0.1) is 6.10 Å². The molecule has 2 atom stereocenters. The molecule has 0 radical (unpaired) electrons. The second-order valence-corrected chi connectivity index (χ2v) is 3.88. The molecule has 0 aliphatic heterocycles. The third-order valence-corrected chi connectivity index (χ3v) is 2.44. The van der Waals surface area contributed by atoms with Crippen molar-refractivity contribution in [2.45, 2.75) is 18.6 Å². The summed E-state index contributed by atoms with van der Waals surface area (Å²) in [6.07, 6.45) is -1.28. The van der Waals surface area contributed by atoms with Crippen LogP contribution < -0.4 is 0 Å². The summed E-state index contributed by atoms with van der Waals surface area (Å²) in [7, 11) is 0. The summed E-state index contributed by atoms with van der Waals surface area (Å²) in [6.45, 7) is 0. The number of hydrogen-bond acceptors (Lipinski definition) is 3. The summed E-state index contributed by atoms with van der Waals surface area (Å²) < 4.78 is 0. The van der Waals surface area contributed by atoms with Crippen molar-refractivity contribution in [3.63, 3.8) is 0 Å². The fourth-order valence-electron chi connectivity index (χ4n) is 1.20. The Kier molecular flexibility index (Phi) is 4.38. The zero-order valence-corrected chi connectivity index (χ0v) is 9.18. The van der Waals surface area contributed by atoms with E-state index in [0.717, 1.165) is 0 Å². The van der Waals surface area contributed by atoms with E-state index in [1.165, 1.54) is 12.1 Å². The number of aliphatic hydroxyl groups excluding tert-OH is 2. The van der Waals surface area contributed by atoms with Crippen LogP contribution in [-0.4, -0.2) is 26.8 Å². The van der Waals surface area contributed by atoms with Gasteiger partial charge >= 0.3 is 0 Å². The molecule has 0 amide bonds. The Hall–Kier alpha value is -0.580. The number of hydrogen-bond donors (Lipinski definition) is 3. The standard InChI is InChI=1S/C10H13BrO3/c11-5-4-9(13)10(14)7-2-1-3-8(12)6-7/h1-3,6,9-10,12-14H,4-5H2. The van der Waals surface area contributed by atoms with Gasteiger partial charge in [-0.15, -0.1) is 0 Å². The predicted octanol–water partition coefficient (Wildman–Crippen LogP) is 1.57. The van der Waals surface area contributed by atoms with Crippen LogP contribution in [0.4, 0.5) is 0 Å². The van der Waals surface area contributed by atoms with Crippen LogP contribution in [0.5, 0.6) is 5.75 Å². The molecule has 2 unspecified atom stereocenters. The normalized spacial score (nSPS) is 15.1. The Balaban J connectivity index is 2.73. The minimum atomic E-state index is -0.945. The van der Waals surface area contributed by atoms with Crippen molar-refractivity contribution in [3.05, 3.63) is 29.8 Å². The first-order valence-corrected chi connectivity index (χ1v) is 5.48. The Morgan fingerprint density at radius 3 is 2.57 bits per heavy atom. The topological polar surface area (TPSA) is 60.7 Å². The molecule has 1 rings (SSSR count). The predicted molar refractivity (Wildman–Crippen MR) is 57.5 cm³/mol. The highest BCUT2D eigenvalue weighted by molar-refractivity contribution is 9.09. The quantitative estimate of drug-likeness (QED) is 0.721. The van der Waals surface area contributed by atoms with Crippen LogP contribution in [-0.2, 0) is 0 Å². The molecule has 0 spiro atoms. The molecular weight excluding hydrogens is 248 g/mol. The van der Waals surface area contributed by atoms with Gasteiger partial charge in [-0.2, -0.15) is 0 Å². The molecule has 0 saturated heterocycles. The van der Waals surface area contributed by atoms with E-state index in [4.69, 9.17) is 0 Å². The maximum atomic E-state index is 9.66. The van der Waals surface area contributed by atoms with Crippen LogP contribution >= 0.6 is 15.9 Å². The van der Waals surface area contributed by atoms with E-state index in [1.807, 2.05) is 0 Å². The Morgan fingerprint density at radius 1 is 1.29 bits per heavy atom. The van der Waals surface area contributed by atoms with Crippen LogP contribution in [0.25, 0.3) is 0 Å². The highest BCUT2D eigenvalue weighted by Gasteiger charge is 2.17. The zero-order valence-electron chi connectivity index (χ0n) is 7.60. The van der Waals surface area contributed by atoms with Gasteiger partial charge in [0.1, 0.15) is 11.9 Å². The molecule has 0 heterocycles. The first-order chi connectivity index (χ1) is 6.65. The fraction of sp³-hybridized carbons (Fsp3) is 0.400. The Labute approximate surface area is 91.1 Å². The summed E-state index contributed by atoms with van der Waals surface area (Å²) in [5.41, 5.74) is 0.526. The minimum absolute atomic E-state index is 0.0904. The third kappa shape index (κ3) is 2.97. The van der Waals surface area contributed by atoms with Gasteiger partial charge in [0.25, 0.3) is 0 Å². The van der Waals surface area contributed by atoms with Crippen LogP contribution in [0.1, 0.15) is 18.1 Å². The van der Waals surface area contributed by atoms with Gasteiger partial charge in [-0.05, 0) is 24.1 Å². The molecule has 0 bridgehead atoms. The molecule has 14 heavy (non-hydrogen) atoms. The molecule has 3 N–H and O–H groups in total. The lowest BCUT2D eigenvalue weighted by Crippen LogP contribution is -2.18. The summed E-state index contributed by atoms with van der Waals surface area (Å²) in [5.74, 6) is 0.0904. The number of alkyl halides is 1. The van der Waals surface area contributed by atoms with Gasteiger partial charge in [0.2, 0.25) is 0 Å². The van der Waals surface area contributed by atoms with E-state index in [-0.39, 0.29) is 5.75 Å². The molecule has 0 saturated carbocycles. The molecule has 1 aromatic rings. The van der Waals surface area contributed by atoms with Crippen molar-refractivity contribution in [2.24, 2.45) is 0 Å². The van der Waals surface area contributed by atoms with Crippen LogP contribution in [0, 0.1) is 0 Å². The van der Waals surface area contributed by atoms with Crippen molar-refractivity contribution < 1.29 is 15.3 Å². The maximum absolute atomic E-state index is 9.66. The zero-order chi connectivity index (χ0) is 10.6. The lowest BCUT2D eigenvalue weighted by Gasteiger charge is -2.17. The molecule has 4 heteroatoms. The number of benzene rings is 1. The van der Waals surface area contributed by atoms with E-state index >= 15 is 0 Å². The third-order valence-electron chi connectivity index (χ3n) is 1.98. The van der Waals surface area contributed by atoms with Gasteiger partial charge in [-0.1, -0.05) is 28.1 Å². The van der Waals surface area contributed by atoms with Crippen molar-refractivity contribution in [2.75, 3.05) is 5.33 Å². The molecular formula is C10H13BrO3. The SMILES string of the molecule is Oc1cccc(C(O)C(O)CCBr)c1. The highest BCUT2D eigenvalue weighted by Crippen LogP contribution is 2.22. The van der Waals surface area contributed by atoms with Crippen molar-refractivity contribution >= 4 is 15.9 Å². The van der Waals surface area contributed by atoms with E-state index in [0.29, 0.717) is 17.3 Å². The average molecular weight is 261 g/mol. The second-order valence-electron chi connectivity index (χ2n) is 3.08. The van der Waals surface area contributed by atoms with Crippen LogP contribution in [0.15, 0.2) is 24.3 Å². The Morgan fingerprint density at radius 2 is 2.00 bits per heavy atom. The molecule has 3 nitrogen and oxygen atoms in total. The lowest BCUT2D eigenvalue weighted by atomic mass is 10.0. The van der Waals surface area contributed by atoms with Gasteiger partial charge in [-0.25, -0.2) is 0 Å². The van der Waals surface area contributed by atoms with Crippen LogP contribution in [0.3, 0.4) is 0 Å². The van der Waals surface area contributed by atoms with Gasteiger partial charge in [0.15, 0.2) is 0 Å². The summed E-state index contributed by atoms with van der Waals surface area (Å²) in [4.78, 5) is 0. The van der Waals surface area contributed by atoms with Gasteiger partial charge in [-0.3, -0.25) is 0 Å². The van der Waals surface area contributed by atoms with Crippen molar-refractivity contribution in [1.29, 1.82) is 0 Å². The first kappa shape index (κ1) is 11.5. The van der Waals surface area contributed by atoms with E-state index < -0.39 is 12.2 Å². The average Bonchev–Trinajstić information content (AvgIpc) is 2.17. The number of aliphatic hydroxyl groups is 2. The number of phenols is 1. The Bertz CT molecular complexity index is 290. The number of rotatable bonds is 4. The van der Waals surface area contributed by atoms with Crippen LogP contribution in [0.2, 0.25) is 0 Å². The fourth-order valence-corrected chi connectivity index (χ4v) is 1.67. The number of aromatic hydroxyl groups is 1. The maximum Gasteiger partial charge on any atom is 0.115 e. The van der Waals surface area contributed by atoms with Gasteiger partial charge in [0, 0.05) is 5.33 Å². The van der Waals surface area contributed by atoms with Crippen molar-refractivity contribution in [1.82, 2.24) is 0 Å². The molecule has 1 aromatic carbocycles. The molecule has 0 aliphatic carbocycles.